The molecule has 0 atom stereocenters. The van der Waals surface area contributed by atoms with Crippen molar-refractivity contribution in [2.75, 3.05) is 7.05 Å². The largest absolute Gasteiger partial charge is 0.333 e. The van der Waals surface area contributed by atoms with Gasteiger partial charge in [-0.05, 0) is 13.1 Å². The summed E-state index contributed by atoms with van der Waals surface area (Å²) < 4.78 is 27.9. The molecule has 0 bridgehead atoms. The normalized spacial score (nSPS) is 10.8. The minimum atomic E-state index is -0.562. The van der Waals surface area contributed by atoms with Gasteiger partial charge in [0.25, 0.3) is 0 Å². The molecule has 0 fully saturated rings. The van der Waals surface area contributed by atoms with Crippen LogP contribution in [-0.2, 0) is 13.1 Å². The quantitative estimate of drug-likeness (QED) is 0.880. The standard InChI is InChI=1S/C12H13F2N3/c1-15-5-11-7-17(8-16-11)6-9-2-3-10(13)4-12(9)14/h2-4,7-8,15H,5-6H2,1H3. The van der Waals surface area contributed by atoms with E-state index in [4.69, 9.17) is 0 Å². The highest BCUT2D eigenvalue weighted by Gasteiger charge is 2.05. The van der Waals surface area contributed by atoms with Gasteiger partial charge in [0.2, 0.25) is 0 Å². The molecule has 17 heavy (non-hydrogen) atoms. The summed E-state index contributed by atoms with van der Waals surface area (Å²) in [7, 11) is 1.83. The first-order chi connectivity index (χ1) is 8.19. The Hall–Kier alpha value is -1.75. The first-order valence-corrected chi connectivity index (χ1v) is 5.28. The molecule has 0 aliphatic heterocycles. The van der Waals surface area contributed by atoms with Crippen LogP contribution < -0.4 is 5.32 Å². The molecule has 2 rings (SSSR count). The molecule has 1 N–H and O–H groups in total. The second kappa shape index (κ2) is 5.05. The van der Waals surface area contributed by atoms with Gasteiger partial charge in [0.1, 0.15) is 11.6 Å². The average molecular weight is 237 g/mol. The van der Waals surface area contributed by atoms with E-state index in [1.807, 2.05) is 13.2 Å². The number of halogens is 2. The lowest BCUT2D eigenvalue weighted by molar-refractivity contribution is 0.566. The van der Waals surface area contributed by atoms with E-state index in [0.717, 1.165) is 11.8 Å². The predicted octanol–water partition coefficient (Wildman–Crippen LogP) is 1.93. The number of hydrogen-bond acceptors (Lipinski definition) is 2. The second-order valence-corrected chi connectivity index (χ2v) is 3.80. The smallest absolute Gasteiger partial charge is 0.131 e. The van der Waals surface area contributed by atoms with E-state index in [0.29, 0.717) is 18.7 Å². The third kappa shape index (κ3) is 2.88. The molecule has 0 saturated carbocycles. The molecule has 0 unspecified atom stereocenters. The van der Waals surface area contributed by atoms with Crippen LogP contribution in [0, 0.1) is 11.6 Å². The Morgan fingerprint density at radius 3 is 2.88 bits per heavy atom. The van der Waals surface area contributed by atoms with Gasteiger partial charge in [-0.2, -0.15) is 0 Å². The molecular formula is C12H13F2N3. The summed E-state index contributed by atoms with van der Waals surface area (Å²) >= 11 is 0. The van der Waals surface area contributed by atoms with Crippen molar-refractivity contribution in [2.24, 2.45) is 0 Å². The topological polar surface area (TPSA) is 29.9 Å². The van der Waals surface area contributed by atoms with Gasteiger partial charge in [0.15, 0.2) is 0 Å². The Labute approximate surface area is 98.1 Å². The molecule has 1 heterocycles. The van der Waals surface area contributed by atoms with E-state index in [2.05, 4.69) is 10.3 Å². The van der Waals surface area contributed by atoms with Crippen molar-refractivity contribution < 1.29 is 8.78 Å². The molecule has 0 saturated heterocycles. The zero-order valence-electron chi connectivity index (χ0n) is 9.45. The molecule has 1 aromatic heterocycles. The van der Waals surface area contributed by atoms with Gasteiger partial charge in [0.05, 0.1) is 18.6 Å². The van der Waals surface area contributed by atoms with Gasteiger partial charge < -0.3 is 9.88 Å². The van der Waals surface area contributed by atoms with Crippen molar-refractivity contribution in [3.63, 3.8) is 0 Å². The molecule has 0 amide bonds. The summed E-state index contributed by atoms with van der Waals surface area (Å²) in [5.41, 5.74) is 1.33. The van der Waals surface area contributed by atoms with Crippen LogP contribution in [0.1, 0.15) is 11.3 Å². The van der Waals surface area contributed by atoms with Crippen molar-refractivity contribution >= 4 is 0 Å². The van der Waals surface area contributed by atoms with Crippen LogP contribution in [0.3, 0.4) is 0 Å². The molecule has 0 aliphatic carbocycles. The fourth-order valence-corrected chi connectivity index (χ4v) is 1.61. The van der Waals surface area contributed by atoms with Crippen molar-refractivity contribution in [2.45, 2.75) is 13.1 Å². The summed E-state index contributed by atoms with van der Waals surface area (Å²) in [6.45, 7) is 1.02. The van der Waals surface area contributed by atoms with Gasteiger partial charge in [-0.15, -0.1) is 0 Å². The fraction of sp³-hybridized carbons (Fsp3) is 0.250. The number of hydrogen-bond donors (Lipinski definition) is 1. The summed E-state index contributed by atoms with van der Waals surface area (Å²) in [5, 5.41) is 2.98. The highest BCUT2D eigenvalue weighted by atomic mass is 19.1. The SMILES string of the molecule is CNCc1cn(Cc2ccc(F)cc2F)cn1. The van der Waals surface area contributed by atoms with Crippen LogP contribution in [0.5, 0.6) is 0 Å². The molecule has 2 aromatic rings. The summed E-state index contributed by atoms with van der Waals surface area (Å²) in [6, 6.07) is 3.59. The Kier molecular flexibility index (Phi) is 3.49. The molecule has 0 aliphatic rings. The van der Waals surface area contributed by atoms with Gasteiger partial charge in [-0.1, -0.05) is 6.07 Å². The van der Waals surface area contributed by atoms with Crippen molar-refractivity contribution in [1.82, 2.24) is 14.9 Å². The van der Waals surface area contributed by atoms with Gasteiger partial charge >= 0.3 is 0 Å². The Bertz CT molecular complexity index is 508. The molecule has 1 aromatic carbocycles. The lowest BCUT2D eigenvalue weighted by atomic mass is 10.2. The van der Waals surface area contributed by atoms with Crippen molar-refractivity contribution in [1.29, 1.82) is 0 Å². The molecule has 0 spiro atoms. The number of rotatable bonds is 4. The Morgan fingerprint density at radius 2 is 2.18 bits per heavy atom. The lowest BCUT2D eigenvalue weighted by Crippen LogP contribution is -2.05. The van der Waals surface area contributed by atoms with Crippen LogP contribution in [0.15, 0.2) is 30.7 Å². The van der Waals surface area contributed by atoms with E-state index in [-0.39, 0.29) is 0 Å². The second-order valence-electron chi connectivity index (χ2n) is 3.80. The fourth-order valence-electron chi connectivity index (χ4n) is 1.61. The first kappa shape index (κ1) is 11.7. The lowest BCUT2D eigenvalue weighted by Gasteiger charge is -2.03. The number of nitrogens with zero attached hydrogens (tertiary/aromatic N) is 2. The highest BCUT2D eigenvalue weighted by molar-refractivity contribution is 5.19. The molecule has 0 radical (unpaired) electrons. The first-order valence-electron chi connectivity index (χ1n) is 5.28. The summed E-state index contributed by atoms with van der Waals surface area (Å²) in [4.78, 5) is 4.15. The molecule has 3 nitrogen and oxygen atoms in total. The van der Waals surface area contributed by atoms with E-state index >= 15 is 0 Å². The molecule has 90 valence electrons. The highest BCUT2D eigenvalue weighted by Crippen LogP contribution is 2.11. The molecular weight excluding hydrogens is 224 g/mol. The van der Waals surface area contributed by atoms with Crippen LogP contribution in [0.4, 0.5) is 8.78 Å². The van der Waals surface area contributed by atoms with E-state index in [9.17, 15) is 8.78 Å². The van der Waals surface area contributed by atoms with Crippen LogP contribution in [0.2, 0.25) is 0 Å². The van der Waals surface area contributed by atoms with Crippen LogP contribution in [0.25, 0.3) is 0 Å². The third-order valence-electron chi connectivity index (χ3n) is 2.41. The third-order valence-corrected chi connectivity index (χ3v) is 2.41. The maximum Gasteiger partial charge on any atom is 0.131 e. The van der Waals surface area contributed by atoms with Crippen molar-refractivity contribution in [3.8, 4) is 0 Å². The Morgan fingerprint density at radius 1 is 1.35 bits per heavy atom. The number of imidazole rings is 1. The predicted molar refractivity (Wildman–Crippen MR) is 60.5 cm³/mol. The monoisotopic (exact) mass is 237 g/mol. The van der Waals surface area contributed by atoms with Crippen molar-refractivity contribution in [3.05, 3.63) is 53.6 Å². The van der Waals surface area contributed by atoms with Crippen LogP contribution >= 0.6 is 0 Å². The summed E-state index contributed by atoms with van der Waals surface area (Å²) in [6.07, 6.45) is 3.47. The zero-order valence-corrected chi connectivity index (χ0v) is 9.45. The minimum Gasteiger partial charge on any atom is -0.333 e. The number of benzene rings is 1. The zero-order chi connectivity index (χ0) is 12.3. The van der Waals surface area contributed by atoms with Gasteiger partial charge in [0, 0.05) is 24.4 Å². The maximum atomic E-state index is 13.4. The van der Waals surface area contributed by atoms with E-state index < -0.39 is 11.6 Å². The number of aromatic nitrogens is 2. The summed E-state index contributed by atoms with van der Waals surface area (Å²) in [5.74, 6) is -1.10. The minimum absolute atomic E-state index is 0.350. The molecule has 5 heteroatoms. The average Bonchev–Trinajstić information content (AvgIpc) is 2.71. The van der Waals surface area contributed by atoms with E-state index in [1.165, 1.54) is 12.1 Å². The van der Waals surface area contributed by atoms with E-state index in [1.54, 1.807) is 10.9 Å². The van der Waals surface area contributed by atoms with Gasteiger partial charge in [-0.3, -0.25) is 0 Å². The van der Waals surface area contributed by atoms with Gasteiger partial charge in [-0.25, -0.2) is 13.8 Å². The Balaban J connectivity index is 2.13. The maximum absolute atomic E-state index is 13.4. The van der Waals surface area contributed by atoms with Crippen LogP contribution in [-0.4, -0.2) is 16.6 Å². The number of nitrogens with one attached hydrogen (secondary N) is 1.